The minimum absolute atomic E-state index is 0.818. The summed E-state index contributed by atoms with van der Waals surface area (Å²) in [5.74, 6) is 0. The van der Waals surface area contributed by atoms with Crippen molar-refractivity contribution in [2.24, 2.45) is 0 Å². The van der Waals surface area contributed by atoms with Crippen LogP contribution in [0.3, 0.4) is 0 Å². The van der Waals surface area contributed by atoms with Crippen molar-refractivity contribution < 1.29 is 0 Å². The van der Waals surface area contributed by atoms with Gasteiger partial charge in [0.15, 0.2) is 0 Å². The van der Waals surface area contributed by atoms with Crippen LogP contribution in [0.1, 0.15) is 12.5 Å². The van der Waals surface area contributed by atoms with Gasteiger partial charge in [-0.2, -0.15) is 0 Å². The molecule has 14 heavy (non-hydrogen) atoms. The van der Waals surface area contributed by atoms with Gasteiger partial charge in [-0.05, 0) is 31.2 Å². The largest absolute Gasteiger partial charge is 0.384 e. The fourth-order valence-electron chi connectivity index (χ4n) is 1.17. The second-order valence-corrected chi connectivity index (χ2v) is 3.65. The normalized spacial score (nSPS) is 10.2. The Kier molecular flexibility index (Phi) is 4.77. The summed E-state index contributed by atoms with van der Waals surface area (Å²) in [5, 5.41) is 7.37. The van der Waals surface area contributed by atoms with Crippen molar-refractivity contribution in [3.63, 3.8) is 0 Å². The predicted octanol–water partition coefficient (Wildman–Crippen LogP) is 2.67. The molecule has 0 spiro atoms. The molecule has 1 rings (SSSR count). The number of hydrogen-bond acceptors (Lipinski definition) is 2. The van der Waals surface area contributed by atoms with Gasteiger partial charge in [0, 0.05) is 23.8 Å². The van der Waals surface area contributed by atoms with Crippen LogP contribution in [0.2, 0.25) is 5.02 Å². The van der Waals surface area contributed by atoms with Gasteiger partial charge < -0.3 is 10.6 Å². The zero-order valence-corrected chi connectivity index (χ0v) is 9.49. The number of nitrogens with one attached hydrogen (secondary N) is 2. The fourth-order valence-corrected chi connectivity index (χ4v) is 1.36. The highest BCUT2D eigenvalue weighted by molar-refractivity contribution is 6.31. The maximum absolute atomic E-state index is 6.00. The minimum atomic E-state index is 0.818. The van der Waals surface area contributed by atoms with E-state index in [1.54, 1.807) is 0 Å². The van der Waals surface area contributed by atoms with Gasteiger partial charge in [-0.3, -0.25) is 0 Å². The van der Waals surface area contributed by atoms with Crippen molar-refractivity contribution in [3.05, 3.63) is 28.8 Å². The van der Waals surface area contributed by atoms with Crippen molar-refractivity contribution in [1.82, 2.24) is 5.32 Å². The summed E-state index contributed by atoms with van der Waals surface area (Å²) >= 11 is 6.00. The SMILES string of the molecule is CCNCCNc1ccc(C)c(Cl)c1. The lowest BCUT2D eigenvalue weighted by molar-refractivity contribution is 0.739. The van der Waals surface area contributed by atoms with E-state index < -0.39 is 0 Å². The second kappa shape index (κ2) is 5.89. The zero-order chi connectivity index (χ0) is 10.4. The van der Waals surface area contributed by atoms with E-state index in [0.717, 1.165) is 35.9 Å². The number of anilines is 1. The molecule has 3 heteroatoms. The van der Waals surface area contributed by atoms with Crippen molar-refractivity contribution in [2.75, 3.05) is 25.0 Å². The average molecular weight is 213 g/mol. The van der Waals surface area contributed by atoms with Crippen LogP contribution in [0.15, 0.2) is 18.2 Å². The van der Waals surface area contributed by atoms with Gasteiger partial charge in [-0.15, -0.1) is 0 Å². The summed E-state index contributed by atoms with van der Waals surface area (Å²) in [6.07, 6.45) is 0. The lowest BCUT2D eigenvalue weighted by Crippen LogP contribution is -2.21. The highest BCUT2D eigenvalue weighted by atomic mass is 35.5. The van der Waals surface area contributed by atoms with E-state index in [9.17, 15) is 0 Å². The smallest absolute Gasteiger partial charge is 0.0455 e. The minimum Gasteiger partial charge on any atom is -0.384 e. The molecule has 0 aliphatic heterocycles. The van der Waals surface area contributed by atoms with Crippen LogP contribution in [0, 0.1) is 6.92 Å². The first-order valence-corrected chi connectivity index (χ1v) is 5.32. The molecule has 78 valence electrons. The first-order chi connectivity index (χ1) is 6.74. The van der Waals surface area contributed by atoms with Gasteiger partial charge in [-0.1, -0.05) is 24.6 Å². The molecule has 0 unspecified atom stereocenters. The molecule has 2 N–H and O–H groups in total. The number of hydrogen-bond donors (Lipinski definition) is 2. The summed E-state index contributed by atoms with van der Waals surface area (Å²) in [4.78, 5) is 0. The zero-order valence-electron chi connectivity index (χ0n) is 8.73. The van der Waals surface area contributed by atoms with Crippen LogP contribution in [0.5, 0.6) is 0 Å². The Labute approximate surface area is 90.7 Å². The molecule has 0 atom stereocenters. The molecule has 2 nitrogen and oxygen atoms in total. The first-order valence-electron chi connectivity index (χ1n) is 4.94. The topological polar surface area (TPSA) is 24.1 Å². The van der Waals surface area contributed by atoms with E-state index in [4.69, 9.17) is 11.6 Å². The Hall–Kier alpha value is -0.730. The number of rotatable bonds is 5. The van der Waals surface area contributed by atoms with Gasteiger partial charge in [0.25, 0.3) is 0 Å². The van der Waals surface area contributed by atoms with E-state index in [-0.39, 0.29) is 0 Å². The number of halogens is 1. The second-order valence-electron chi connectivity index (χ2n) is 3.24. The molecule has 0 saturated heterocycles. The van der Waals surface area contributed by atoms with E-state index in [1.807, 2.05) is 25.1 Å². The summed E-state index contributed by atoms with van der Waals surface area (Å²) in [6.45, 7) is 7.01. The molecule has 0 saturated carbocycles. The van der Waals surface area contributed by atoms with Gasteiger partial charge in [0.05, 0.1) is 0 Å². The average Bonchev–Trinajstić information content (AvgIpc) is 2.18. The molecule has 1 aromatic carbocycles. The third-order valence-corrected chi connectivity index (χ3v) is 2.46. The lowest BCUT2D eigenvalue weighted by atomic mass is 10.2. The number of likely N-dealkylation sites (N-methyl/N-ethyl adjacent to an activating group) is 1. The molecular formula is C11H17ClN2. The summed E-state index contributed by atoms with van der Waals surface area (Å²) < 4.78 is 0. The molecule has 0 aliphatic carbocycles. The van der Waals surface area contributed by atoms with E-state index >= 15 is 0 Å². The summed E-state index contributed by atoms with van der Waals surface area (Å²) in [7, 11) is 0. The Morgan fingerprint density at radius 2 is 2.07 bits per heavy atom. The van der Waals surface area contributed by atoms with Gasteiger partial charge in [0.2, 0.25) is 0 Å². The van der Waals surface area contributed by atoms with Crippen molar-refractivity contribution in [1.29, 1.82) is 0 Å². The fraction of sp³-hybridized carbons (Fsp3) is 0.455. The quantitative estimate of drug-likeness (QED) is 0.734. The molecule has 0 heterocycles. The van der Waals surface area contributed by atoms with E-state index in [2.05, 4.69) is 17.6 Å². The third kappa shape index (κ3) is 3.56. The molecule has 0 radical (unpaired) electrons. The molecule has 0 bridgehead atoms. The molecule has 0 aliphatic rings. The monoisotopic (exact) mass is 212 g/mol. The maximum atomic E-state index is 6.00. The van der Waals surface area contributed by atoms with Gasteiger partial charge in [0.1, 0.15) is 0 Å². The number of aryl methyl sites for hydroxylation is 1. The molecule has 0 aromatic heterocycles. The van der Waals surface area contributed by atoms with Crippen LogP contribution in [-0.4, -0.2) is 19.6 Å². The maximum Gasteiger partial charge on any atom is 0.0455 e. The molecule has 0 amide bonds. The highest BCUT2D eigenvalue weighted by Crippen LogP contribution is 2.19. The van der Waals surface area contributed by atoms with Gasteiger partial charge in [-0.25, -0.2) is 0 Å². The van der Waals surface area contributed by atoms with Crippen molar-refractivity contribution >= 4 is 17.3 Å². The Morgan fingerprint density at radius 3 is 2.71 bits per heavy atom. The van der Waals surface area contributed by atoms with Crippen LogP contribution < -0.4 is 10.6 Å². The standard InChI is InChI=1S/C11H17ClN2/c1-3-13-6-7-14-10-5-4-9(2)11(12)8-10/h4-5,8,13-14H,3,6-7H2,1-2H3. The van der Waals surface area contributed by atoms with Crippen LogP contribution >= 0.6 is 11.6 Å². The number of benzene rings is 1. The van der Waals surface area contributed by atoms with Crippen molar-refractivity contribution in [3.8, 4) is 0 Å². The van der Waals surface area contributed by atoms with Gasteiger partial charge >= 0.3 is 0 Å². The Morgan fingerprint density at radius 1 is 1.29 bits per heavy atom. The molecule has 1 aromatic rings. The Bertz CT molecular complexity index is 287. The highest BCUT2D eigenvalue weighted by Gasteiger charge is 1.96. The van der Waals surface area contributed by atoms with Crippen molar-refractivity contribution in [2.45, 2.75) is 13.8 Å². The summed E-state index contributed by atoms with van der Waals surface area (Å²) in [6, 6.07) is 6.04. The molecule has 0 fully saturated rings. The molecular weight excluding hydrogens is 196 g/mol. The third-order valence-electron chi connectivity index (χ3n) is 2.05. The van der Waals surface area contributed by atoms with E-state index in [0.29, 0.717) is 0 Å². The van der Waals surface area contributed by atoms with Crippen LogP contribution in [0.4, 0.5) is 5.69 Å². The van der Waals surface area contributed by atoms with E-state index in [1.165, 1.54) is 0 Å². The van der Waals surface area contributed by atoms with Crippen LogP contribution in [0.25, 0.3) is 0 Å². The predicted molar refractivity (Wildman–Crippen MR) is 63.2 cm³/mol. The Balaban J connectivity index is 2.39. The first kappa shape index (κ1) is 11.3. The van der Waals surface area contributed by atoms with Crippen LogP contribution in [-0.2, 0) is 0 Å². The summed E-state index contributed by atoms with van der Waals surface area (Å²) in [5.41, 5.74) is 2.20. The lowest BCUT2D eigenvalue weighted by Gasteiger charge is -2.07.